The molecule has 9 heteroatoms. The minimum Gasteiger partial charge on any atom is -0.467 e. The van der Waals surface area contributed by atoms with Crippen molar-refractivity contribution in [3.63, 3.8) is 0 Å². The molecule has 3 rings (SSSR count). The molecule has 24 heavy (non-hydrogen) atoms. The summed E-state index contributed by atoms with van der Waals surface area (Å²) < 4.78 is 15.9. The first-order valence-corrected chi connectivity index (χ1v) is 8.47. The van der Waals surface area contributed by atoms with Crippen molar-refractivity contribution in [3.8, 4) is 11.5 Å². The van der Waals surface area contributed by atoms with Gasteiger partial charge in [0.2, 0.25) is 6.79 Å². The Hall–Kier alpha value is -2.00. The van der Waals surface area contributed by atoms with Crippen molar-refractivity contribution in [3.05, 3.63) is 27.1 Å². The van der Waals surface area contributed by atoms with Gasteiger partial charge in [0.1, 0.15) is 6.04 Å². The van der Waals surface area contributed by atoms with Crippen molar-refractivity contribution in [2.75, 3.05) is 13.9 Å². The Balaban J connectivity index is 1.91. The highest BCUT2D eigenvalue weighted by Gasteiger charge is 2.41. The van der Waals surface area contributed by atoms with Crippen molar-refractivity contribution < 1.29 is 28.6 Å². The van der Waals surface area contributed by atoms with Crippen LogP contribution in [0.1, 0.15) is 12.5 Å². The third-order valence-corrected chi connectivity index (χ3v) is 5.10. The van der Waals surface area contributed by atoms with Gasteiger partial charge in [-0.1, -0.05) is 15.9 Å². The number of carbonyl (C=O) groups excluding carboxylic acids is 3. The number of carbonyl (C=O) groups is 3. The molecule has 2 aliphatic heterocycles. The molecular weight excluding hydrogens is 402 g/mol. The second-order valence-electron chi connectivity index (χ2n) is 4.98. The lowest BCUT2D eigenvalue weighted by Crippen LogP contribution is -2.42. The van der Waals surface area contributed by atoms with E-state index in [2.05, 4.69) is 20.7 Å². The molecule has 0 saturated carbocycles. The first kappa shape index (κ1) is 16.8. The van der Waals surface area contributed by atoms with Crippen LogP contribution in [0.15, 0.2) is 21.5 Å². The van der Waals surface area contributed by atoms with Gasteiger partial charge in [-0.2, -0.15) is 0 Å². The number of fused-ring (bicyclic) bond motifs is 1. The van der Waals surface area contributed by atoms with Gasteiger partial charge in [-0.25, -0.2) is 4.79 Å². The molecule has 1 aromatic rings. The van der Waals surface area contributed by atoms with E-state index in [4.69, 9.17) is 9.47 Å². The van der Waals surface area contributed by atoms with Crippen LogP contribution >= 0.6 is 27.7 Å². The Bertz CT molecular complexity index is 777. The van der Waals surface area contributed by atoms with Gasteiger partial charge in [0.05, 0.1) is 12.0 Å². The number of imide groups is 1. The Morgan fingerprint density at radius 3 is 2.71 bits per heavy atom. The number of hydrogen-bond acceptors (Lipinski definition) is 7. The van der Waals surface area contributed by atoms with Crippen LogP contribution in [0.2, 0.25) is 0 Å². The Morgan fingerprint density at radius 1 is 1.38 bits per heavy atom. The highest BCUT2D eigenvalue weighted by Crippen LogP contribution is 2.40. The standard InChI is InChI=1S/C15H12BrNO6S/c1-7(14(19)21-2)17-13(18)12(24-15(17)20)4-8-3-10-11(5-9(8)16)23-6-22-10/h3-5,7H,6H2,1-2H3/b12-4-/t7-/m1/s1. The summed E-state index contributed by atoms with van der Waals surface area (Å²) in [5.74, 6) is -0.0201. The van der Waals surface area contributed by atoms with Gasteiger partial charge in [0.15, 0.2) is 11.5 Å². The van der Waals surface area contributed by atoms with E-state index < -0.39 is 23.2 Å². The molecule has 1 aromatic carbocycles. The summed E-state index contributed by atoms with van der Waals surface area (Å²) in [6.45, 7) is 1.58. The number of methoxy groups -OCH3 is 1. The van der Waals surface area contributed by atoms with E-state index in [0.717, 1.165) is 16.7 Å². The Labute approximate surface area is 150 Å². The molecule has 0 radical (unpaired) electrons. The molecule has 1 fully saturated rings. The molecule has 0 aliphatic carbocycles. The summed E-state index contributed by atoms with van der Waals surface area (Å²) in [5, 5.41) is -0.513. The zero-order valence-corrected chi connectivity index (χ0v) is 15.1. The third-order valence-electron chi connectivity index (χ3n) is 3.53. The van der Waals surface area contributed by atoms with Crippen molar-refractivity contribution >= 4 is 50.9 Å². The monoisotopic (exact) mass is 413 g/mol. The summed E-state index contributed by atoms with van der Waals surface area (Å²) in [5.41, 5.74) is 0.662. The van der Waals surface area contributed by atoms with Gasteiger partial charge in [-0.3, -0.25) is 14.5 Å². The summed E-state index contributed by atoms with van der Waals surface area (Å²) >= 11 is 4.17. The van der Waals surface area contributed by atoms with Crippen LogP contribution in [0.4, 0.5) is 4.79 Å². The molecule has 0 N–H and O–H groups in total. The lowest BCUT2D eigenvalue weighted by molar-refractivity contribution is -0.148. The van der Waals surface area contributed by atoms with E-state index in [1.54, 1.807) is 18.2 Å². The molecule has 0 spiro atoms. The van der Waals surface area contributed by atoms with Crippen LogP contribution in [0, 0.1) is 0 Å². The number of esters is 1. The van der Waals surface area contributed by atoms with E-state index in [1.807, 2.05) is 0 Å². The van der Waals surface area contributed by atoms with Crippen molar-refractivity contribution in [2.45, 2.75) is 13.0 Å². The SMILES string of the molecule is COC(=O)[C@@H](C)N1C(=O)S/C(=C\c2cc3c(cc2Br)OCO3)C1=O. The topological polar surface area (TPSA) is 82.1 Å². The van der Waals surface area contributed by atoms with Crippen molar-refractivity contribution in [1.82, 2.24) is 4.90 Å². The molecular formula is C15H12BrNO6S. The fraction of sp³-hybridized carbons (Fsp3) is 0.267. The number of nitrogens with zero attached hydrogens (tertiary/aromatic N) is 1. The van der Waals surface area contributed by atoms with Crippen LogP contribution in [-0.2, 0) is 14.3 Å². The Morgan fingerprint density at radius 2 is 2.04 bits per heavy atom. The average molecular weight is 414 g/mol. The smallest absolute Gasteiger partial charge is 0.328 e. The van der Waals surface area contributed by atoms with E-state index in [1.165, 1.54) is 14.0 Å². The van der Waals surface area contributed by atoms with Crippen LogP contribution < -0.4 is 9.47 Å². The van der Waals surface area contributed by atoms with Gasteiger partial charge in [0, 0.05) is 4.47 Å². The van der Waals surface area contributed by atoms with Crippen LogP contribution in [0.25, 0.3) is 6.08 Å². The molecule has 7 nitrogen and oxygen atoms in total. The molecule has 2 aliphatic rings. The maximum absolute atomic E-state index is 12.5. The maximum atomic E-state index is 12.5. The summed E-state index contributed by atoms with van der Waals surface area (Å²) in [6.07, 6.45) is 1.57. The molecule has 1 saturated heterocycles. The van der Waals surface area contributed by atoms with Crippen molar-refractivity contribution in [2.24, 2.45) is 0 Å². The zero-order chi connectivity index (χ0) is 17.4. The fourth-order valence-corrected chi connectivity index (χ4v) is 3.61. The van der Waals surface area contributed by atoms with E-state index >= 15 is 0 Å². The number of halogens is 1. The minimum absolute atomic E-state index is 0.137. The Kier molecular flexibility index (Phi) is 4.55. The van der Waals surface area contributed by atoms with Gasteiger partial charge in [-0.15, -0.1) is 0 Å². The summed E-state index contributed by atoms with van der Waals surface area (Å²) in [7, 11) is 1.21. The van der Waals surface area contributed by atoms with E-state index in [-0.39, 0.29) is 11.7 Å². The quantitative estimate of drug-likeness (QED) is 0.556. The molecule has 0 aromatic heterocycles. The predicted octanol–water partition coefficient (Wildman–Crippen LogP) is 2.78. The first-order valence-electron chi connectivity index (χ1n) is 6.86. The van der Waals surface area contributed by atoms with Gasteiger partial charge >= 0.3 is 5.97 Å². The molecule has 1 atom stereocenters. The van der Waals surface area contributed by atoms with Gasteiger partial charge in [-0.05, 0) is 42.5 Å². The fourth-order valence-electron chi connectivity index (χ4n) is 2.27. The van der Waals surface area contributed by atoms with Gasteiger partial charge < -0.3 is 14.2 Å². The normalized spacial score (nSPS) is 19.1. The largest absolute Gasteiger partial charge is 0.467 e. The minimum atomic E-state index is -0.978. The van der Waals surface area contributed by atoms with Crippen LogP contribution in [0.5, 0.6) is 11.5 Å². The number of rotatable bonds is 3. The molecule has 0 unspecified atom stereocenters. The number of thioether (sulfide) groups is 1. The first-order chi connectivity index (χ1) is 11.4. The average Bonchev–Trinajstić information content (AvgIpc) is 3.10. The zero-order valence-electron chi connectivity index (χ0n) is 12.7. The molecule has 2 amide bonds. The second-order valence-corrected chi connectivity index (χ2v) is 6.83. The number of ether oxygens (including phenoxy) is 3. The number of amides is 2. The molecule has 0 bridgehead atoms. The van der Waals surface area contributed by atoms with Crippen molar-refractivity contribution in [1.29, 1.82) is 0 Å². The van der Waals surface area contributed by atoms with E-state index in [0.29, 0.717) is 21.5 Å². The molecule has 126 valence electrons. The number of hydrogen-bond donors (Lipinski definition) is 0. The maximum Gasteiger partial charge on any atom is 0.328 e. The third kappa shape index (κ3) is 2.89. The van der Waals surface area contributed by atoms with Crippen LogP contribution in [-0.4, -0.2) is 42.0 Å². The van der Waals surface area contributed by atoms with E-state index in [9.17, 15) is 14.4 Å². The lowest BCUT2D eigenvalue weighted by Gasteiger charge is -2.18. The lowest BCUT2D eigenvalue weighted by atomic mass is 10.2. The summed E-state index contributed by atoms with van der Waals surface area (Å²) in [4.78, 5) is 37.3. The molecule has 2 heterocycles. The van der Waals surface area contributed by atoms with Gasteiger partial charge in [0.25, 0.3) is 11.1 Å². The predicted molar refractivity (Wildman–Crippen MR) is 89.6 cm³/mol. The van der Waals surface area contributed by atoms with Crippen LogP contribution in [0.3, 0.4) is 0 Å². The second kappa shape index (κ2) is 6.48. The highest BCUT2D eigenvalue weighted by molar-refractivity contribution is 9.10. The number of benzene rings is 1. The summed E-state index contributed by atoms with van der Waals surface area (Å²) in [6, 6.07) is 2.47. The highest BCUT2D eigenvalue weighted by atomic mass is 79.9.